The van der Waals surface area contributed by atoms with E-state index in [9.17, 15) is 4.39 Å². The van der Waals surface area contributed by atoms with E-state index in [0.717, 1.165) is 23.0 Å². The molecule has 0 unspecified atom stereocenters. The standard InChI is InChI=1S/C16H16BrClFNO/c1-2-7-20-10-11-8-12(17)3-6-16(11)21-13-4-5-14(18)15(19)9-13/h3-6,8-9,20H,2,7,10H2,1H3. The van der Waals surface area contributed by atoms with Crippen molar-refractivity contribution in [2.45, 2.75) is 19.9 Å². The summed E-state index contributed by atoms with van der Waals surface area (Å²) in [5.41, 5.74) is 1.01. The van der Waals surface area contributed by atoms with E-state index < -0.39 is 5.82 Å². The number of ether oxygens (including phenoxy) is 1. The maximum absolute atomic E-state index is 13.5. The molecule has 2 nitrogen and oxygen atoms in total. The fourth-order valence-corrected chi connectivity index (χ4v) is 2.38. The first-order valence-corrected chi connectivity index (χ1v) is 7.89. The van der Waals surface area contributed by atoms with E-state index in [1.807, 2.05) is 18.2 Å². The molecule has 0 fully saturated rings. The van der Waals surface area contributed by atoms with Crippen molar-refractivity contribution in [3.8, 4) is 11.5 Å². The second-order valence-electron chi connectivity index (χ2n) is 4.61. The van der Waals surface area contributed by atoms with E-state index >= 15 is 0 Å². The largest absolute Gasteiger partial charge is 0.457 e. The predicted octanol–water partition coefficient (Wildman–Crippen LogP) is 5.53. The Balaban J connectivity index is 2.19. The van der Waals surface area contributed by atoms with Crippen LogP contribution in [0.5, 0.6) is 11.5 Å². The first kappa shape index (κ1) is 16.3. The van der Waals surface area contributed by atoms with Gasteiger partial charge in [-0.05, 0) is 43.3 Å². The van der Waals surface area contributed by atoms with Crippen molar-refractivity contribution in [1.82, 2.24) is 5.32 Å². The van der Waals surface area contributed by atoms with Gasteiger partial charge in [-0.3, -0.25) is 0 Å². The Bertz CT molecular complexity index is 621. The average Bonchev–Trinajstić information content (AvgIpc) is 2.46. The molecule has 0 saturated heterocycles. The van der Waals surface area contributed by atoms with Crippen molar-refractivity contribution >= 4 is 27.5 Å². The lowest BCUT2D eigenvalue weighted by Crippen LogP contribution is -2.14. The van der Waals surface area contributed by atoms with Gasteiger partial charge in [0, 0.05) is 22.6 Å². The van der Waals surface area contributed by atoms with Crippen LogP contribution in [0.25, 0.3) is 0 Å². The maximum atomic E-state index is 13.5. The molecule has 0 radical (unpaired) electrons. The Labute approximate surface area is 137 Å². The summed E-state index contributed by atoms with van der Waals surface area (Å²) in [4.78, 5) is 0. The molecule has 0 aliphatic heterocycles. The van der Waals surface area contributed by atoms with Gasteiger partial charge in [0.05, 0.1) is 5.02 Å². The van der Waals surface area contributed by atoms with Gasteiger partial charge in [0.15, 0.2) is 0 Å². The van der Waals surface area contributed by atoms with Crippen molar-refractivity contribution in [3.63, 3.8) is 0 Å². The number of benzene rings is 2. The lowest BCUT2D eigenvalue weighted by molar-refractivity contribution is 0.467. The number of hydrogen-bond acceptors (Lipinski definition) is 2. The minimum Gasteiger partial charge on any atom is -0.457 e. The van der Waals surface area contributed by atoms with Crippen molar-refractivity contribution in [2.75, 3.05) is 6.54 Å². The topological polar surface area (TPSA) is 21.3 Å². The Morgan fingerprint density at radius 3 is 2.76 bits per heavy atom. The van der Waals surface area contributed by atoms with Gasteiger partial charge in [-0.2, -0.15) is 0 Å². The third-order valence-corrected chi connectivity index (χ3v) is 3.68. The quantitative estimate of drug-likeness (QED) is 0.673. The van der Waals surface area contributed by atoms with Crippen LogP contribution < -0.4 is 10.1 Å². The van der Waals surface area contributed by atoms with Crippen molar-refractivity contribution < 1.29 is 9.13 Å². The molecule has 0 spiro atoms. The fourth-order valence-electron chi connectivity index (χ4n) is 1.85. The zero-order valence-electron chi connectivity index (χ0n) is 11.6. The van der Waals surface area contributed by atoms with Crippen LogP contribution in [0.4, 0.5) is 4.39 Å². The average molecular weight is 373 g/mol. The Morgan fingerprint density at radius 1 is 1.24 bits per heavy atom. The zero-order chi connectivity index (χ0) is 15.2. The summed E-state index contributed by atoms with van der Waals surface area (Å²) in [6.07, 6.45) is 1.06. The SMILES string of the molecule is CCCNCc1cc(Br)ccc1Oc1ccc(Cl)c(F)c1. The van der Waals surface area contributed by atoms with Gasteiger partial charge >= 0.3 is 0 Å². The molecule has 1 N–H and O–H groups in total. The molecule has 0 aliphatic rings. The first-order valence-electron chi connectivity index (χ1n) is 6.72. The van der Waals surface area contributed by atoms with Gasteiger partial charge in [0.2, 0.25) is 0 Å². The van der Waals surface area contributed by atoms with Crippen molar-refractivity contribution in [1.29, 1.82) is 0 Å². The smallest absolute Gasteiger partial charge is 0.145 e. The monoisotopic (exact) mass is 371 g/mol. The fraction of sp³-hybridized carbons (Fsp3) is 0.250. The Hall–Kier alpha value is -1.10. The first-order chi connectivity index (χ1) is 10.1. The third kappa shape index (κ3) is 4.70. The van der Waals surface area contributed by atoms with E-state index in [1.165, 1.54) is 12.1 Å². The van der Waals surface area contributed by atoms with E-state index in [2.05, 4.69) is 28.2 Å². The second-order valence-corrected chi connectivity index (χ2v) is 5.93. The number of rotatable bonds is 6. The highest BCUT2D eigenvalue weighted by molar-refractivity contribution is 9.10. The molecule has 0 amide bonds. The summed E-state index contributed by atoms with van der Waals surface area (Å²) in [7, 11) is 0. The van der Waals surface area contributed by atoms with Crippen LogP contribution in [0.15, 0.2) is 40.9 Å². The molecule has 0 atom stereocenters. The molecule has 21 heavy (non-hydrogen) atoms. The minimum atomic E-state index is -0.489. The summed E-state index contributed by atoms with van der Waals surface area (Å²) in [5, 5.41) is 3.42. The molecule has 0 aromatic heterocycles. The number of hydrogen-bond donors (Lipinski definition) is 1. The minimum absolute atomic E-state index is 0.0861. The van der Waals surface area contributed by atoms with E-state index in [0.29, 0.717) is 18.0 Å². The molecule has 0 bridgehead atoms. The second kappa shape index (κ2) is 7.78. The molecule has 5 heteroatoms. The molecule has 2 aromatic rings. The van der Waals surface area contributed by atoms with Gasteiger partial charge in [-0.25, -0.2) is 4.39 Å². The molecule has 2 rings (SSSR count). The molecule has 2 aromatic carbocycles. The highest BCUT2D eigenvalue weighted by atomic mass is 79.9. The van der Waals surface area contributed by atoms with Crippen LogP contribution in [-0.4, -0.2) is 6.54 Å². The molecular weight excluding hydrogens is 357 g/mol. The van der Waals surface area contributed by atoms with Crippen LogP contribution >= 0.6 is 27.5 Å². The van der Waals surface area contributed by atoms with E-state index in [-0.39, 0.29) is 5.02 Å². The molecule has 0 aliphatic carbocycles. The summed E-state index contributed by atoms with van der Waals surface area (Å²) < 4.78 is 20.2. The summed E-state index contributed by atoms with van der Waals surface area (Å²) in [5.74, 6) is 0.636. The lowest BCUT2D eigenvalue weighted by atomic mass is 10.2. The molecule has 0 heterocycles. The zero-order valence-corrected chi connectivity index (χ0v) is 14.0. The van der Waals surface area contributed by atoms with Gasteiger partial charge in [-0.1, -0.05) is 34.5 Å². The van der Waals surface area contributed by atoms with Crippen LogP contribution in [-0.2, 0) is 6.54 Å². The van der Waals surface area contributed by atoms with Crippen LogP contribution in [0.2, 0.25) is 5.02 Å². The van der Waals surface area contributed by atoms with Gasteiger partial charge < -0.3 is 10.1 Å². The normalized spacial score (nSPS) is 10.7. The van der Waals surface area contributed by atoms with Crippen LogP contribution in [0.1, 0.15) is 18.9 Å². The summed E-state index contributed by atoms with van der Waals surface area (Å²) in [6, 6.07) is 10.2. The number of halogens is 3. The highest BCUT2D eigenvalue weighted by Crippen LogP contribution is 2.29. The Kier molecular flexibility index (Phi) is 6.03. The lowest BCUT2D eigenvalue weighted by Gasteiger charge is -2.12. The third-order valence-electron chi connectivity index (χ3n) is 2.88. The predicted molar refractivity (Wildman–Crippen MR) is 87.6 cm³/mol. The summed E-state index contributed by atoms with van der Waals surface area (Å²) >= 11 is 9.12. The van der Waals surface area contributed by atoms with E-state index in [1.54, 1.807) is 6.07 Å². The Morgan fingerprint density at radius 2 is 2.05 bits per heavy atom. The van der Waals surface area contributed by atoms with Gasteiger partial charge in [0.25, 0.3) is 0 Å². The molecule has 112 valence electrons. The number of nitrogens with one attached hydrogen (secondary N) is 1. The molecular formula is C16H16BrClFNO. The van der Waals surface area contributed by atoms with E-state index in [4.69, 9.17) is 16.3 Å². The van der Waals surface area contributed by atoms with Gasteiger partial charge in [0.1, 0.15) is 17.3 Å². The van der Waals surface area contributed by atoms with Gasteiger partial charge in [-0.15, -0.1) is 0 Å². The van der Waals surface area contributed by atoms with Crippen LogP contribution in [0.3, 0.4) is 0 Å². The maximum Gasteiger partial charge on any atom is 0.145 e. The van der Waals surface area contributed by atoms with Crippen molar-refractivity contribution in [3.05, 3.63) is 57.3 Å². The molecule has 0 saturated carbocycles. The van der Waals surface area contributed by atoms with Crippen LogP contribution in [0, 0.1) is 5.82 Å². The van der Waals surface area contributed by atoms with Crippen molar-refractivity contribution in [2.24, 2.45) is 0 Å². The highest BCUT2D eigenvalue weighted by Gasteiger charge is 2.08. The summed E-state index contributed by atoms with van der Waals surface area (Å²) in [6.45, 7) is 3.74.